The van der Waals surface area contributed by atoms with E-state index < -0.39 is 11.9 Å². The fourth-order valence-electron chi connectivity index (χ4n) is 1.97. The SMILES string of the molecule is O=C(CSc1n[nH]c(-c2ccc(Cl)cc2)n1)NC(=O)NCc1ccco1. The van der Waals surface area contributed by atoms with Gasteiger partial charge in [-0.05, 0) is 36.4 Å². The summed E-state index contributed by atoms with van der Waals surface area (Å²) in [6, 6.07) is 9.97. The van der Waals surface area contributed by atoms with Crippen molar-refractivity contribution >= 4 is 35.3 Å². The van der Waals surface area contributed by atoms with Crippen LogP contribution in [0.1, 0.15) is 5.76 Å². The first kappa shape index (κ1) is 18.0. The third-order valence-corrected chi connectivity index (χ3v) is 4.27. The maximum Gasteiger partial charge on any atom is 0.321 e. The van der Waals surface area contributed by atoms with E-state index in [1.807, 2.05) is 12.1 Å². The van der Waals surface area contributed by atoms with Crippen molar-refractivity contribution in [1.82, 2.24) is 25.8 Å². The number of imide groups is 1. The van der Waals surface area contributed by atoms with Crippen LogP contribution in [-0.2, 0) is 11.3 Å². The number of nitrogens with one attached hydrogen (secondary N) is 3. The molecule has 0 aliphatic rings. The number of carbonyl (C=O) groups is 2. The Kier molecular flexibility index (Phi) is 5.92. The number of hydrogen-bond acceptors (Lipinski definition) is 6. The number of benzene rings is 1. The number of carbonyl (C=O) groups excluding carboxylic acids is 2. The molecule has 0 fully saturated rings. The number of amides is 3. The Bertz CT molecular complexity index is 880. The van der Waals surface area contributed by atoms with Gasteiger partial charge in [0.05, 0.1) is 18.6 Å². The van der Waals surface area contributed by atoms with E-state index in [9.17, 15) is 9.59 Å². The highest BCUT2D eigenvalue weighted by atomic mass is 35.5. The number of thioether (sulfide) groups is 1. The molecule has 3 aromatic rings. The molecule has 0 radical (unpaired) electrons. The van der Waals surface area contributed by atoms with Crippen LogP contribution < -0.4 is 10.6 Å². The van der Waals surface area contributed by atoms with Crippen LogP contribution in [-0.4, -0.2) is 32.9 Å². The van der Waals surface area contributed by atoms with E-state index in [1.54, 1.807) is 24.3 Å². The lowest BCUT2D eigenvalue weighted by atomic mass is 10.2. The Morgan fingerprint density at radius 2 is 2.04 bits per heavy atom. The van der Waals surface area contributed by atoms with Crippen LogP contribution in [0, 0.1) is 0 Å². The van der Waals surface area contributed by atoms with Crippen molar-refractivity contribution in [2.75, 3.05) is 5.75 Å². The number of aromatic nitrogens is 3. The Morgan fingerprint density at radius 1 is 1.23 bits per heavy atom. The number of urea groups is 1. The molecule has 0 saturated heterocycles. The molecule has 3 amide bonds. The van der Waals surface area contributed by atoms with Crippen LogP contribution in [0.4, 0.5) is 4.79 Å². The highest BCUT2D eigenvalue weighted by molar-refractivity contribution is 7.99. The second-order valence-corrected chi connectivity index (χ2v) is 6.45. The van der Waals surface area contributed by atoms with E-state index in [1.165, 1.54) is 6.26 Å². The van der Waals surface area contributed by atoms with Gasteiger partial charge in [0, 0.05) is 10.6 Å². The monoisotopic (exact) mass is 391 g/mol. The Morgan fingerprint density at radius 3 is 2.77 bits per heavy atom. The van der Waals surface area contributed by atoms with Crippen LogP contribution in [0.2, 0.25) is 5.02 Å². The molecular weight excluding hydrogens is 378 g/mol. The summed E-state index contributed by atoms with van der Waals surface area (Å²) in [6.45, 7) is 0.199. The first-order valence-corrected chi connectivity index (χ1v) is 8.88. The summed E-state index contributed by atoms with van der Waals surface area (Å²) in [6.07, 6.45) is 1.51. The molecule has 0 spiro atoms. The third kappa shape index (κ3) is 5.11. The normalized spacial score (nSPS) is 10.5. The summed E-state index contributed by atoms with van der Waals surface area (Å²) in [5.74, 6) is 0.717. The third-order valence-electron chi connectivity index (χ3n) is 3.17. The van der Waals surface area contributed by atoms with Gasteiger partial charge in [0.2, 0.25) is 11.1 Å². The molecule has 0 unspecified atom stereocenters. The molecule has 2 aromatic heterocycles. The van der Waals surface area contributed by atoms with Crippen LogP contribution in [0.3, 0.4) is 0 Å². The number of halogens is 1. The molecule has 0 saturated carbocycles. The number of rotatable bonds is 6. The van der Waals surface area contributed by atoms with Gasteiger partial charge in [0.1, 0.15) is 5.76 Å². The first-order valence-electron chi connectivity index (χ1n) is 7.51. The van der Waals surface area contributed by atoms with Gasteiger partial charge < -0.3 is 9.73 Å². The molecule has 1 aromatic carbocycles. The van der Waals surface area contributed by atoms with E-state index in [-0.39, 0.29) is 12.3 Å². The van der Waals surface area contributed by atoms with Crippen molar-refractivity contribution in [2.24, 2.45) is 0 Å². The largest absolute Gasteiger partial charge is 0.467 e. The minimum Gasteiger partial charge on any atom is -0.467 e. The first-order chi connectivity index (χ1) is 12.6. The van der Waals surface area contributed by atoms with Gasteiger partial charge in [-0.25, -0.2) is 9.78 Å². The van der Waals surface area contributed by atoms with Crippen LogP contribution in [0.15, 0.2) is 52.2 Å². The number of hydrogen-bond donors (Lipinski definition) is 3. The van der Waals surface area contributed by atoms with Crippen molar-refractivity contribution in [2.45, 2.75) is 11.7 Å². The molecule has 8 nitrogen and oxygen atoms in total. The minimum atomic E-state index is -0.594. The Labute approximate surface area is 157 Å². The zero-order valence-corrected chi connectivity index (χ0v) is 14.9. The minimum absolute atomic E-state index is 0.00603. The van der Waals surface area contributed by atoms with E-state index in [0.29, 0.717) is 21.8 Å². The molecule has 134 valence electrons. The quantitative estimate of drug-likeness (QED) is 0.557. The van der Waals surface area contributed by atoms with E-state index in [2.05, 4.69) is 25.8 Å². The van der Waals surface area contributed by atoms with Gasteiger partial charge in [0.25, 0.3) is 0 Å². The molecular formula is C16H14ClN5O3S. The highest BCUT2D eigenvalue weighted by Gasteiger charge is 2.11. The van der Waals surface area contributed by atoms with Gasteiger partial charge in [0.15, 0.2) is 5.82 Å². The lowest BCUT2D eigenvalue weighted by molar-refractivity contribution is -0.117. The van der Waals surface area contributed by atoms with Crippen LogP contribution >= 0.6 is 23.4 Å². The molecule has 0 bridgehead atoms. The van der Waals surface area contributed by atoms with Crippen molar-refractivity contribution in [3.8, 4) is 11.4 Å². The highest BCUT2D eigenvalue weighted by Crippen LogP contribution is 2.20. The van der Waals surface area contributed by atoms with Crippen molar-refractivity contribution in [3.05, 3.63) is 53.4 Å². The second kappa shape index (κ2) is 8.54. The van der Waals surface area contributed by atoms with Crippen LogP contribution in [0.25, 0.3) is 11.4 Å². The second-order valence-electron chi connectivity index (χ2n) is 5.07. The maximum absolute atomic E-state index is 11.8. The van der Waals surface area contributed by atoms with E-state index in [4.69, 9.17) is 16.0 Å². The summed E-state index contributed by atoms with van der Waals surface area (Å²) >= 11 is 6.96. The maximum atomic E-state index is 11.8. The number of aromatic amines is 1. The summed E-state index contributed by atoms with van der Waals surface area (Å²) in [5, 5.41) is 12.6. The zero-order valence-electron chi connectivity index (χ0n) is 13.4. The van der Waals surface area contributed by atoms with E-state index >= 15 is 0 Å². The number of furan rings is 1. The van der Waals surface area contributed by atoms with Gasteiger partial charge in [-0.1, -0.05) is 23.4 Å². The topological polar surface area (TPSA) is 113 Å². The number of nitrogens with zero attached hydrogens (tertiary/aromatic N) is 2. The standard InChI is InChI=1S/C16H14ClN5O3S/c17-11-5-3-10(4-6-11)14-20-16(22-21-14)26-9-13(23)19-15(24)18-8-12-2-1-7-25-12/h1-7H,8-9H2,(H,20,21,22)(H2,18,19,23,24). The van der Waals surface area contributed by atoms with E-state index in [0.717, 1.165) is 17.3 Å². The average molecular weight is 392 g/mol. The predicted molar refractivity (Wildman–Crippen MR) is 96.6 cm³/mol. The summed E-state index contributed by atoms with van der Waals surface area (Å²) in [4.78, 5) is 27.7. The molecule has 2 heterocycles. The Balaban J connectivity index is 1.44. The Hall–Kier alpha value is -2.78. The molecule has 0 aliphatic heterocycles. The summed E-state index contributed by atoms with van der Waals surface area (Å²) < 4.78 is 5.08. The lowest BCUT2D eigenvalue weighted by Crippen LogP contribution is -2.39. The van der Waals surface area contributed by atoms with Gasteiger partial charge in [-0.15, -0.1) is 5.10 Å². The molecule has 10 heteroatoms. The van der Waals surface area contributed by atoms with Crippen LogP contribution in [0.5, 0.6) is 0 Å². The molecule has 3 rings (SSSR count). The fraction of sp³-hybridized carbons (Fsp3) is 0.125. The van der Waals surface area contributed by atoms with Crippen molar-refractivity contribution in [3.63, 3.8) is 0 Å². The molecule has 26 heavy (non-hydrogen) atoms. The molecule has 0 aliphatic carbocycles. The van der Waals surface area contributed by atoms with Gasteiger partial charge in [-0.3, -0.25) is 15.2 Å². The smallest absolute Gasteiger partial charge is 0.321 e. The van der Waals surface area contributed by atoms with Crippen molar-refractivity contribution in [1.29, 1.82) is 0 Å². The average Bonchev–Trinajstić information content (AvgIpc) is 3.31. The van der Waals surface area contributed by atoms with Gasteiger partial charge in [-0.2, -0.15) is 0 Å². The van der Waals surface area contributed by atoms with Gasteiger partial charge >= 0.3 is 6.03 Å². The summed E-state index contributed by atoms with van der Waals surface area (Å²) in [7, 11) is 0. The fourth-order valence-corrected chi connectivity index (χ4v) is 2.69. The number of H-pyrrole nitrogens is 1. The molecule has 0 atom stereocenters. The van der Waals surface area contributed by atoms with Crippen molar-refractivity contribution < 1.29 is 14.0 Å². The predicted octanol–water partition coefficient (Wildman–Crippen LogP) is 2.84. The molecule has 3 N–H and O–H groups in total. The summed E-state index contributed by atoms with van der Waals surface area (Å²) in [5.41, 5.74) is 0.829. The lowest BCUT2D eigenvalue weighted by Gasteiger charge is -2.04. The zero-order chi connectivity index (χ0) is 18.4.